The number of nitrogens with zero attached hydrogens (tertiary/aromatic N) is 3. The van der Waals surface area contributed by atoms with E-state index in [-0.39, 0.29) is 12.0 Å². The highest BCUT2D eigenvalue weighted by molar-refractivity contribution is 4.99. The van der Waals surface area contributed by atoms with Crippen LogP contribution >= 0.6 is 0 Å². The van der Waals surface area contributed by atoms with Crippen LogP contribution in [0.1, 0.15) is 25.7 Å². The van der Waals surface area contributed by atoms with Crippen LogP contribution in [-0.4, -0.2) is 36.7 Å². The lowest BCUT2D eigenvalue weighted by molar-refractivity contribution is -0.0297. The Kier molecular flexibility index (Phi) is 3.77. The van der Waals surface area contributed by atoms with E-state index in [1.165, 1.54) is 12.8 Å². The highest BCUT2D eigenvalue weighted by Gasteiger charge is 2.33. The number of ether oxygens (including phenoxy) is 1. The van der Waals surface area contributed by atoms with E-state index < -0.39 is 0 Å². The van der Waals surface area contributed by atoms with Gasteiger partial charge in [-0.25, -0.2) is 0 Å². The first-order valence-electron chi connectivity index (χ1n) is 6.00. The van der Waals surface area contributed by atoms with Crippen molar-refractivity contribution in [1.82, 2.24) is 4.90 Å². The predicted octanol–water partition coefficient (Wildman–Crippen LogP) is 1.29. The minimum atomic E-state index is -0.310. The molecule has 86 valence electrons. The Bertz CT molecular complexity index is 317. The lowest BCUT2D eigenvalue weighted by Gasteiger charge is -2.40. The van der Waals surface area contributed by atoms with E-state index in [2.05, 4.69) is 17.0 Å². The third-order valence-electron chi connectivity index (χ3n) is 3.61. The molecule has 4 heteroatoms. The topological polar surface area (TPSA) is 60.0 Å². The van der Waals surface area contributed by atoms with Crippen LogP contribution in [0.4, 0.5) is 0 Å². The van der Waals surface area contributed by atoms with Gasteiger partial charge in [0.2, 0.25) is 0 Å². The number of hydrogen-bond donors (Lipinski definition) is 0. The van der Waals surface area contributed by atoms with Crippen LogP contribution in [-0.2, 0) is 4.74 Å². The highest BCUT2D eigenvalue weighted by atomic mass is 16.5. The Morgan fingerprint density at radius 1 is 1.12 bits per heavy atom. The average Bonchev–Trinajstić information content (AvgIpc) is 2.38. The molecule has 16 heavy (non-hydrogen) atoms. The molecule has 0 spiro atoms. The Balaban J connectivity index is 2.00. The van der Waals surface area contributed by atoms with E-state index in [0.29, 0.717) is 19.2 Å². The molecule has 1 aliphatic heterocycles. The van der Waals surface area contributed by atoms with Gasteiger partial charge < -0.3 is 4.74 Å². The van der Waals surface area contributed by atoms with Gasteiger partial charge in [-0.2, -0.15) is 10.5 Å². The molecule has 0 amide bonds. The SMILES string of the molecule is N#CC1CN(C2CCCCC2C#N)CCO1. The Hall–Kier alpha value is -1.10. The van der Waals surface area contributed by atoms with Crippen molar-refractivity contribution in [2.24, 2.45) is 5.92 Å². The second kappa shape index (κ2) is 5.30. The molecule has 3 unspecified atom stereocenters. The minimum Gasteiger partial charge on any atom is -0.361 e. The zero-order valence-corrected chi connectivity index (χ0v) is 9.43. The molecule has 0 N–H and O–H groups in total. The van der Waals surface area contributed by atoms with Crippen LogP contribution in [0.5, 0.6) is 0 Å². The van der Waals surface area contributed by atoms with Crippen molar-refractivity contribution in [3.8, 4) is 12.1 Å². The van der Waals surface area contributed by atoms with Gasteiger partial charge in [0.05, 0.1) is 24.7 Å². The van der Waals surface area contributed by atoms with Crippen LogP contribution in [0.25, 0.3) is 0 Å². The van der Waals surface area contributed by atoms with Gasteiger partial charge in [0.15, 0.2) is 6.10 Å². The summed E-state index contributed by atoms with van der Waals surface area (Å²) in [6, 6.07) is 4.92. The third kappa shape index (κ3) is 2.35. The molecule has 2 fully saturated rings. The predicted molar refractivity (Wildman–Crippen MR) is 58.3 cm³/mol. The zero-order valence-electron chi connectivity index (χ0n) is 9.43. The number of rotatable bonds is 1. The maximum atomic E-state index is 9.14. The zero-order chi connectivity index (χ0) is 11.4. The van der Waals surface area contributed by atoms with E-state index in [1.807, 2.05) is 0 Å². The molecular weight excluding hydrogens is 202 g/mol. The summed E-state index contributed by atoms with van der Waals surface area (Å²) in [6.45, 7) is 2.15. The lowest BCUT2D eigenvalue weighted by Crippen LogP contribution is -2.50. The van der Waals surface area contributed by atoms with Crippen molar-refractivity contribution in [2.75, 3.05) is 19.7 Å². The fraction of sp³-hybridized carbons (Fsp3) is 0.833. The summed E-state index contributed by atoms with van der Waals surface area (Å²) < 4.78 is 5.33. The molecule has 0 radical (unpaired) electrons. The van der Waals surface area contributed by atoms with Crippen molar-refractivity contribution < 1.29 is 4.74 Å². The maximum absolute atomic E-state index is 9.14. The molecule has 0 bridgehead atoms. The van der Waals surface area contributed by atoms with Crippen molar-refractivity contribution in [3.63, 3.8) is 0 Å². The van der Waals surface area contributed by atoms with Crippen molar-refractivity contribution >= 4 is 0 Å². The Labute approximate surface area is 96.4 Å². The van der Waals surface area contributed by atoms with Crippen molar-refractivity contribution in [3.05, 3.63) is 0 Å². The van der Waals surface area contributed by atoms with E-state index in [1.54, 1.807) is 0 Å². The fourth-order valence-corrected chi connectivity index (χ4v) is 2.75. The quantitative estimate of drug-likeness (QED) is 0.666. The first kappa shape index (κ1) is 11.4. The first-order chi connectivity index (χ1) is 7.85. The average molecular weight is 219 g/mol. The largest absolute Gasteiger partial charge is 0.361 e. The number of nitriles is 2. The molecule has 4 nitrogen and oxygen atoms in total. The second-order valence-corrected chi connectivity index (χ2v) is 4.57. The van der Waals surface area contributed by atoms with Gasteiger partial charge >= 0.3 is 0 Å². The monoisotopic (exact) mass is 219 g/mol. The highest BCUT2D eigenvalue weighted by Crippen LogP contribution is 2.29. The maximum Gasteiger partial charge on any atom is 0.156 e. The van der Waals surface area contributed by atoms with Crippen LogP contribution in [0.3, 0.4) is 0 Å². The summed E-state index contributed by atoms with van der Waals surface area (Å²) in [7, 11) is 0. The standard InChI is InChI=1S/C12H17N3O/c13-7-10-3-1-2-4-12(10)15-5-6-16-11(8-14)9-15/h10-12H,1-6,9H2. The molecule has 0 aromatic heterocycles. The Morgan fingerprint density at radius 3 is 2.69 bits per heavy atom. The molecule has 3 atom stereocenters. The summed E-state index contributed by atoms with van der Waals surface area (Å²) in [6.07, 6.45) is 4.17. The van der Waals surface area contributed by atoms with Crippen LogP contribution < -0.4 is 0 Å². The van der Waals surface area contributed by atoms with Crippen LogP contribution in [0, 0.1) is 28.6 Å². The van der Waals surface area contributed by atoms with Gasteiger partial charge in [0.1, 0.15) is 0 Å². The van der Waals surface area contributed by atoms with E-state index in [9.17, 15) is 0 Å². The number of hydrogen-bond acceptors (Lipinski definition) is 4. The summed E-state index contributed by atoms with van der Waals surface area (Å²) >= 11 is 0. The molecule has 0 aromatic rings. The number of morpholine rings is 1. The van der Waals surface area contributed by atoms with Gasteiger partial charge in [-0.3, -0.25) is 4.90 Å². The molecule has 1 saturated carbocycles. The van der Waals surface area contributed by atoms with E-state index in [0.717, 1.165) is 19.4 Å². The Morgan fingerprint density at radius 2 is 1.94 bits per heavy atom. The lowest BCUT2D eigenvalue weighted by atomic mass is 9.84. The van der Waals surface area contributed by atoms with Gasteiger partial charge in [-0.05, 0) is 12.8 Å². The molecular formula is C12H17N3O. The molecule has 2 rings (SSSR count). The fourth-order valence-electron chi connectivity index (χ4n) is 2.75. The second-order valence-electron chi connectivity index (χ2n) is 4.57. The van der Waals surface area contributed by atoms with E-state index in [4.69, 9.17) is 15.3 Å². The van der Waals surface area contributed by atoms with E-state index >= 15 is 0 Å². The van der Waals surface area contributed by atoms with Crippen molar-refractivity contribution in [1.29, 1.82) is 10.5 Å². The van der Waals surface area contributed by atoms with Crippen molar-refractivity contribution in [2.45, 2.75) is 37.8 Å². The molecule has 2 aliphatic rings. The summed E-state index contributed by atoms with van der Waals surface area (Å²) in [5, 5.41) is 18.0. The summed E-state index contributed by atoms with van der Waals surface area (Å²) in [4.78, 5) is 2.28. The summed E-state index contributed by atoms with van der Waals surface area (Å²) in [5.41, 5.74) is 0. The first-order valence-corrected chi connectivity index (χ1v) is 6.00. The molecule has 1 aliphatic carbocycles. The van der Waals surface area contributed by atoms with Gasteiger partial charge in [-0.15, -0.1) is 0 Å². The minimum absolute atomic E-state index is 0.145. The van der Waals surface area contributed by atoms with Gasteiger partial charge in [0.25, 0.3) is 0 Å². The molecule has 0 aromatic carbocycles. The van der Waals surface area contributed by atoms with Gasteiger partial charge in [0, 0.05) is 19.1 Å². The van der Waals surface area contributed by atoms with Gasteiger partial charge in [-0.1, -0.05) is 12.8 Å². The van der Waals surface area contributed by atoms with Crippen LogP contribution in [0.2, 0.25) is 0 Å². The normalized spacial score (nSPS) is 36.2. The van der Waals surface area contributed by atoms with Crippen LogP contribution in [0.15, 0.2) is 0 Å². The molecule has 1 heterocycles. The smallest absolute Gasteiger partial charge is 0.156 e. The molecule has 1 saturated heterocycles. The summed E-state index contributed by atoms with van der Waals surface area (Å²) in [5.74, 6) is 0.145. The third-order valence-corrected chi connectivity index (χ3v) is 3.61.